The van der Waals surface area contributed by atoms with Crippen molar-refractivity contribution in [3.8, 4) is 5.75 Å². The first-order valence-corrected chi connectivity index (χ1v) is 18.9. The Morgan fingerprint density at radius 2 is 1.94 bits per heavy atom. The van der Waals surface area contributed by atoms with Gasteiger partial charge in [-0.3, -0.25) is 10.1 Å². The van der Waals surface area contributed by atoms with Crippen LogP contribution in [-0.2, 0) is 36.1 Å². The highest BCUT2D eigenvalue weighted by atomic mass is 35.5. The summed E-state index contributed by atoms with van der Waals surface area (Å²) in [7, 11) is 5.23. The zero-order valence-electron chi connectivity index (χ0n) is 28.6. The third-order valence-corrected chi connectivity index (χ3v) is 10.6. The van der Waals surface area contributed by atoms with Gasteiger partial charge >= 0.3 is 5.97 Å². The molecule has 8 bridgehead atoms. The summed E-state index contributed by atoms with van der Waals surface area (Å²) >= 11 is 10.4. The molecule has 3 heterocycles. The lowest BCUT2D eigenvalue weighted by Gasteiger charge is -2.18. The van der Waals surface area contributed by atoms with E-state index < -0.39 is 0 Å². The number of nitrogens with one attached hydrogen (secondary N) is 1. The van der Waals surface area contributed by atoms with Crippen LogP contribution >= 0.6 is 35.1 Å². The number of aryl methyl sites for hydroxylation is 3. The monoisotopic (exact) mass is 705 g/mol. The maximum atomic E-state index is 13.1. The van der Waals surface area contributed by atoms with E-state index in [1.54, 1.807) is 23.5 Å². The smallest absolute Gasteiger partial charge is 0.354 e. The van der Waals surface area contributed by atoms with E-state index in [4.69, 9.17) is 21.1 Å². The Labute approximate surface area is 297 Å². The number of benzene rings is 2. The molecule has 0 saturated heterocycles. The molecular formula is C37H44ClN5O3S2. The topological polar surface area (TPSA) is 84.7 Å². The molecule has 1 N–H and O–H groups in total. The first kappa shape index (κ1) is 35.7. The molecule has 0 atom stereocenters. The van der Waals surface area contributed by atoms with Crippen molar-refractivity contribution in [2.24, 2.45) is 12.1 Å². The molecule has 0 fully saturated rings. The first-order chi connectivity index (χ1) is 23.3. The summed E-state index contributed by atoms with van der Waals surface area (Å²) in [6, 6.07) is 10.5. The van der Waals surface area contributed by atoms with Crippen molar-refractivity contribution < 1.29 is 14.3 Å². The SMILES string of the molecule is CC.COC(=O)c1c2c3ccc(Cl)c(c3n1C)/C=C(\C)N(C)/N=C/CSCc1cc([nH]n1)CSc1cc3c(c(c1)OCCC2)C=CCC3. The molecule has 4 aromatic rings. The van der Waals surface area contributed by atoms with E-state index >= 15 is 0 Å². The van der Waals surface area contributed by atoms with Gasteiger partial charge in [0.2, 0.25) is 0 Å². The zero-order valence-corrected chi connectivity index (χ0v) is 30.9. The normalized spacial score (nSPS) is 17.3. The number of H-pyrrole nitrogens is 1. The minimum atomic E-state index is -0.373. The number of ether oxygens (including phenoxy) is 2. The molecule has 0 saturated carbocycles. The lowest BCUT2D eigenvalue weighted by atomic mass is 9.96. The van der Waals surface area contributed by atoms with E-state index in [9.17, 15) is 4.79 Å². The Balaban J connectivity index is 0.00000221. The molecule has 254 valence electrons. The molecule has 11 heteroatoms. The number of carbonyl (C=O) groups excluding carboxylic acids is 1. The lowest BCUT2D eigenvalue weighted by Crippen LogP contribution is -2.11. The highest BCUT2D eigenvalue weighted by Gasteiger charge is 2.24. The van der Waals surface area contributed by atoms with Crippen molar-refractivity contribution in [2.45, 2.75) is 62.9 Å². The van der Waals surface area contributed by atoms with Crippen LogP contribution in [0.1, 0.15) is 77.7 Å². The van der Waals surface area contributed by atoms with Crippen LogP contribution in [0, 0.1) is 0 Å². The van der Waals surface area contributed by atoms with Gasteiger partial charge < -0.3 is 14.0 Å². The van der Waals surface area contributed by atoms with E-state index in [0.29, 0.717) is 23.7 Å². The fraction of sp³-hybridized carbons (Fsp3) is 0.378. The van der Waals surface area contributed by atoms with Crippen LogP contribution in [0.15, 0.2) is 52.1 Å². The number of fused-ring (bicyclic) bond motifs is 6. The van der Waals surface area contributed by atoms with Gasteiger partial charge in [-0.1, -0.05) is 43.7 Å². The number of hydrazone groups is 1. The number of hydrogen-bond donors (Lipinski definition) is 1. The van der Waals surface area contributed by atoms with Crippen LogP contribution in [0.4, 0.5) is 0 Å². The molecule has 6 rings (SSSR count). The summed E-state index contributed by atoms with van der Waals surface area (Å²) < 4.78 is 13.6. The molecule has 2 aromatic heterocycles. The Kier molecular flexibility index (Phi) is 12.4. The minimum absolute atomic E-state index is 0.373. The number of halogens is 1. The zero-order chi connectivity index (χ0) is 34.2. The van der Waals surface area contributed by atoms with Gasteiger partial charge in [0.05, 0.1) is 24.9 Å². The fourth-order valence-electron chi connectivity index (χ4n) is 5.99. The van der Waals surface area contributed by atoms with Crippen LogP contribution in [0.5, 0.6) is 5.75 Å². The van der Waals surface area contributed by atoms with Gasteiger partial charge in [-0.15, -0.1) is 23.5 Å². The Hall–Kier alpha value is -3.60. The molecule has 2 aromatic carbocycles. The molecule has 0 spiro atoms. The van der Waals surface area contributed by atoms with Crippen molar-refractivity contribution in [1.82, 2.24) is 19.8 Å². The maximum Gasteiger partial charge on any atom is 0.354 e. The number of nitrogens with zero attached hydrogens (tertiary/aromatic N) is 4. The van der Waals surface area contributed by atoms with Crippen LogP contribution in [-0.4, -0.2) is 58.5 Å². The van der Waals surface area contributed by atoms with Gasteiger partial charge in [0.15, 0.2) is 0 Å². The van der Waals surface area contributed by atoms with Gasteiger partial charge in [-0.2, -0.15) is 10.2 Å². The van der Waals surface area contributed by atoms with Gasteiger partial charge in [0, 0.05) is 75.4 Å². The summed E-state index contributed by atoms with van der Waals surface area (Å²) in [6.07, 6.45) is 11.7. The molecule has 1 aliphatic carbocycles. The van der Waals surface area contributed by atoms with Crippen molar-refractivity contribution in [2.75, 3.05) is 26.5 Å². The van der Waals surface area contributed by atoms with Gasteiger partial charge in [0.25, 0.3) is 0 Å². The van der Waals surface area contributed by atoms with Crippen molar-refractivity contribution in [3.05, 3.63) is 86.5 Å². The number of hydrogen-bond acceptors (Lipinski definition) is 8. The predicted molar refractivity (Wildman–Crippen MR) is 202 cm³/mol. The van der Waals surface area contributed by atoms with Crippen LogP contribution in [0.2, 0.25) is 5.02 Å². The predicted octanol–water partition coefficient (Wildman–Crippen LogP) is 9.16. The standard InChI is InChI=1S/C35H38ClN5O3S2.C2H6/c1-22-16-30-31(36)12-11-29-28(34(35(42)43-4)40(2)33(29)30)10-7-14-44-32-19-26(17-23-8-5-6-9-27(23)32)46-21-25-18-24(38-39-25)20-45-15-13-37-41(22)3;1-2/h6,9,11-13,16-19H,5,7-8,10,14-15,20-21H2,1-4H3,(H,38,39);1-2H3/b22-16+,37-13+;. The number of aromatic amines is 1. The molecular weight excluding hydrogens is 662 g/mol. The third-order valence-electron chi connectivity index (χ3n) is 8.36. The summed E-state index contributed by atoms with van der Waals surface area (Å²) in [5, 5.41) is 15.8. The first-order valence-electron chi connectivity index (χ1n) is 16.4. The number of aromatic nitrogens is 3. The van der Waals surface area contributed by atoms with E-state index in [1.807, 2.05) is 68.9 Å². The number of rotatable bonds is 1. The Morgan fingerprint density at radius 3 is 2.75 bits per heavy atom. The summed E-state index contributed by atoms with van der Waals surface area (Å²) in [5.41, 5.74) is 8.69. The van der Waals surface area contributed by atoms with E-state index in [1.165, 1.54) is 17.6 Å². The number of carbonyl (C=O) groups is 1. The summed E-state index contributed by atoms with van der Waals surface area (Å²) in [5.74, 6) is 2.87. The van der Waals surface area contributed by atoms with Crippen molar-refractivity contribution in [1.29, 1.82) is 0 Å². The minimum Gasteiger partial charge on any atom is -0.493 e. The van der Waals surface area contributed by atoms with E-state index in [-0.39, 0.29) is 5.97 Å². The highest BCUT2D eigenvalue weighted by molar-refractivity contribution is 7.99. The number of methoxy groups -OCH3 is 1. The number of thioether (sulfide) groups is 2. The largest absolute Gasteiger partial charge is 0.493 e. The molecule has 1 aliphatic heterocycles. The van der Waals surface area contributed by atoms with Crippen molar-refractivity contribution in [3.63, 3.8) is 0 Å². The quantitative estimate of drug-likeness (QED) is 0.198. The average molecular weight is 706 g/mol. The van der Waals surface area contributed by atoms with Gasteiger partial charge in [-0.25, -0.2) is 4.79 Å². The second-order valence-corrected chi connectivity index (χ2v) is 13.9. The molecule has 2 aliphatic rings. The molecule has 8 nitrogen and oxygen atoms in total. The third kappa shape index (κ3) is 7.98. The molecule has 0 radical (unpaired) electrons. The molecule has 0 unspecified atom stereocenters. The Morgan fingerprint density at radius 1 is 1.10 bits per heavy atom. The highest BCUT2D eigenvalue weighted by Crippen LogP contribution is 2.37. The van der Waals surface area contributed by atoms with Crippen LogP contribution in [0.25, 0.3) is 23.1 Å². The van der Waals surface area contributed by atoms with Crippen LogP contribution < -0.4 is 4.74 Å². The lowest BCUT2D eigenvalue weighted by molar-refractivity contribution is 0.0589. The summed E-state index contributed by atoms with van der Waals surface area (Å²) in [6.45, 7) is 6.51. The number of esters is 1. The molecule has 0 amide bonds. The Bertz CT molecular complexity index is 1860. The van der Waals surface area contributed by atoms with Gasteiger partial charge in [0.1, 0.15) is 11.4 Å². The second kappa shape index (κ2) is 16.7. The van der Waals surface area contributed by atoms with Crippen molar-refractivity contribution >= 4 is 70.4 Å². The average Bonchev–Trinajstić information content (AvgIpc) is 3.68. The fourth-order valence-corrected chi connectivity index (χ4v) is 7.73. The molecule has 48 heavy (non-hydrogen) atoms. The van der Waals surface area contributed by atoms with E-state index in [0.717, 1.165) is 86.9 Å². The van der Waals surface area contributed by atoms with Gasteiger partial charge in [-0.05, 0) is 74.1 Å². The summed E-state index contributed by atoms with van der Waals surface area (Å²) in [4.78, 5) is 14.3. The number of allylic oxidation sites excluding steroid dienone is 2. The van der Waals surface area contributed by atoms with E-state index in [2.05, 4.69) is 45.6 Å². The maximum absolute atomic E-state index is 13.1. The van der Waals surface area contributed by atoms with Crippen LogP contribution in [0.3, 0.4) is 0 Å². The second-order valence-electron chi connectivity index (χ2n) is 11.4.